The van der Waals surface area contributed by atoms with Crippen LogP contribution in [-0.2, 0) is 11.3 Å². The molecular formula is C15H15FN2O3S. The molecule has 0 saturated heterocycles. The predicted octanol–water partition coefficient (Wildman–Crippen LogP) is 1.29. The highest BCUT2D eigenvalue weighted by Gasteiger charge is 2.20. The number of aliphatic hydroxyl groups excluding tert-OH is 1. The second kappa shape index (κ2) is 7.67. The number of carbonyl (C=O) groups excluding carboxylic acids is 2. The lowest BCUT2D eigenvalue weighted by molar-refractivity contribution is -0.124. The first-order valence-electron chi connectivity index (χ1n) is 6.57. The van der Waals surface area contributed by atoms with Crippen LogP contribution in [-0.4, -0.2) is 29.6 Å². The molecule has 1 aromatic carbocycles. The molecular weight excluding hydrogens is 307 g/mol. The lowest BCUT2D eigenvalue weighted by Gasteiger charge is -2.15. The third kappa shape index (κ3) is 4.37. The summed E-state index contributed by atoms with van der Waals surface area (Å²) in [6.07, 6.45) is 0. The number of halogens is 1. The zero-order chi connectivity index (χ0) is 15.9. The summed E-state index contributed by atoms with van der Waals surface area (Å²) in [6.45, 7) is -0.323. The number of amides is 2. The van der Waals surface area contributed by atoms with Gasteiger partial charge in [0, 0.05) is 6.54 Å². The van der Waals surface area contributed by atoms with Crippen molar-refractivity contribution < 1.29 is 19.1 Å². The van der Waals surface area contributed by atoms with Crippen LogP contribution in [0, 0.1) is 5.82 Å². The van der Waals surface area contributed by atoms with E-state index < -0.39 is 24.5 Å². The van der Waals surface area contributed by atoms with Crippen molar-refractivity contribution in [3.8, 4) is 0 Å². The van der Waals surface area contributed by atoms with E-state index in [-0.39, 0.29) is 12.4 Å². The normalized spacial score (nSPS) is 11.7. The minimum Gasteiger partial charge on any atom is -0.394 e. The summed E-state index contributed by atoms with van der Waals surface area (Å²) < 4.78 is 12.8. The average Bonchev–Trinajstić information content (AvgIpc) is 3.06. The Morgan fingerprint density at radius 1 is 1.23 bits per heavy atom. The largest absolute Gasteiger partial charge is 0.394 e. The first-order chi connectivity index (χ1) is 10.6. The van der Waals surface area contributed by atoms with E-state index in [2.05, 4.69) is 10.6 Å². The van der Waals surface area contributed by atoms with Gasteiger partial charge in [0.05, 0.1) is 11.5 Å². The van der Waals surface area contributed by atoms with Gasteiger partial charge in [-0.05, 0) is 29.1 Å². The van der Waals surface area contributed by atoms with Crippen LogP contribution < -0.4 is 10.6 Å². The summed E-state index contributed by atoms with van der Waals surface area (Å²) in [6, 6.07) is 8.01. The molecule has 22 heavy (non-hydrogen) atoms. The Bertz CT molecular complexity index is 629. The maximum Gasteiger partial charge on any atom is 0.262 e. The van der Waals surface area contributed by atoms with Gasteiger partial charge in [-0.2, -0.15) is 0 Å². The first kappa shape index (κ1) is 16.1. The molecule has 1 heterocycles. The lowest BCUT2D eigenvalue weighted by atomic mass is 10.2. The van der Waals surface area contributed by atoms with E-state index in [1.807, 2.05) is 0 Å². The minimum atomic E-state index is -1.03. The average molecular weight is 322 g/mol. The Balaban J connectivity index is 1.88. The van der Waals surface area contributed by atoms with E-state index in [0.717, 1.165) is 5.56 Å². The molecule has 0 radical (unpaired) electrons. The smallest absolute Gasteiger partial charge is 0.262 e. The van der Waals surface area contributed by atoms with Gasteiger partial charge >= 0.3 is 0 Å². The van der Waals surface area contributed by atoms with Gasteiger partial charge in [-0.15, -0.1) is 11.3 Å². The van der Waals surface area contributed by atoms with E-state index in [1.165, 1.54) is 23.5 Å². The molecule has 1 aromatic heterocycles. The van der Waals surface area contributed by atoms with Crippen LogP contribution in [0.25, 0.3) is 0 Å². The summed E-state index contributed by atoms with van der Waals surface area (Å²) in [4.78, 5) is 24.3. The van der Waals surface area contributed by atoms with Crippen LogP contribution in [0.3, 0.4) is 0 Å². The molecule has 0 aliphatic heterocycles. The van der Waals surface area contributed by atoms with Crippen LogP contribution >= 0.6 is 11.3 Å². The van der Waals surface area contributed by atoms with E-state index >= 15 is 0 Å². The van der Waals surface area contributed by atoms with Gasteiger partial charge in [-0.25, -0.2) is 4.39 Å². The Morgan fingerprint density at radius 3 is 2.55 bits per heavy atom. The number of carbonyl (C=O) groups is 2. The minimum absolute atomic E-state index is 0.185. The van der Waals surface area contributed by atoms with Crippen molar-refractivity contribution in [3.63, 3.8) is 0 Å². The van der Waals surface area contributed by atoms with Crippen molar-refractivity contribution in [2.24, 2.45) is 0 Å². The Labute approximate surface area is 130 Å². The summed E-state index contributed by atoms with van der Waals surface area (Å²) in [5, 5.41) is 16.1. The third-order valence-corrected chi connectivity index (χ3v) is 3.80. The van der Waals surface area contributed by atoms with Gasteiger partial charge in [0.2, 0.25) is 5.91 Å². The lowest BCUT2D eigenvalue weighted by Crippen LogP contribution is -2.48. The number of nitrogens with one attached hydrogen (secondary N) is 2. The second-order valence-corrected chi connectivity index (χ2v) is 5.48. The van der Waals surface area contributed by atoms with Crippen molar-refractivity contribution in [1.29, 1.82) is 0 Å². The number of benzene rings is 1. The molecule has 0 bridgehead atoms. The molecule has 0 saturated carbocycles. The van der Waals surface area contributed by atoms with Crippen molar-refractivity contribution in [3.05, 3.63) is 58.0 Å². The van der Waals surface area contributed by atoms with E-state index in [9.17, 15) is 19.1 Å². The molecule has 1 unspecified atom stereocenters. The quantitative estimate of drug-likeness (QED) is 0.750. The van der Waals surface area contributed by atoms with Gasteiger partial charge in [0.1, 0.15) is 11.9 Å². The molecule has 0 aliphatic rings. The van der Waals surface area contributed by atoms with E-state index in [1.54, 1.807) is 29.6 Å². The fourth-order valence-electron chi connectivity index (χ4n) is 1.75. The molecule has 2 amide bonds. The second-order valence-electron chi connectivity index (χ2n) is 4.53. The van der Waals surface area contributed by atoms with Crippen molar-refractivity contribution in [2.75, 3.05) is 6.61 Å². The topological polar surface area (TPSA) is 78.4 Å². The molecule has 0 aliphatic carbocycles. The Hall–Kier alpha value is -2.25. The van der Waals surface area contributed by atoms with Crippen LogP contribution in [0.1, 0.15) is 15.2 Å². The summed E-state index contributed by atoms with van der Waals surface area (Å²) in [5.74, 6) is -1.27. The molecule has 1 atom stereocenters. The zero-order valence-electron chi connectivity index (χ0n) is 11.6. The maximum atomic E-state index is 12.8. The molecule has 2 aromatic rings. The van der Waals surface area contributed by atoms with Gasteiger partial charge in [0.15, 0.2) is 0 Å². The van der Waals surface area contributed by atoms with Crippen LogP contribution in [0.2, 0.25) is 0 Å². The molecule has 3 N–H and O–H groups in total. The van der Waals surface area contributed by atoms with Gasteiger partial charge in [-0.3, -0.25) is 9.59 Å². The van der Waals surface area contributed by atoms with Gasteiger partial charge in [0.25, 0.3) is 5.91 Å². The van der Waals surface area contributed by atoms with Crippen LogP contribution in [0.5, 0.6) is 0 Å². The van der Waals surface area contributed by atoms with Crippen molar-refractivity contribution >= 4 is 23.2 Å². The maximum absolute atomic E-state index is 12.8. The van der Waals surface area contributed by atoms with E-state index in [4.69, 9.17) is 0 Å². The molecule has 116 valence electrons. The molecule has 7 heteroatoms. The molecule has 5 nitrogen and oxygen atoms in total. The zero-order valence-corrected chi connectivity index (χ0v) is 12.4. The Kier molecular flexibility index (Phi) is 5.62. The summed E-state index contributed by atoms with van der Waals surface area (Å²) in [7, 11) is 0. The summed E-state index contributed by atoms with van der Waals surface area (Å²) >= 11 is 1.25. The molecule has 0 spiro atoms. The standard InChI is InChI=1S/C15H15FN2O3S/c16-11-5-3-10(4-6-11)8-17-14(20)12(9-19)18-15(21)13-2-1-7-22-13/h1-7,12,19H,8-9H2,(H,17,20)(H,18,21). The van der Waals surface area contributed by atoms with Crippen LogP contribution in [0.15, 0.2) is 41.8 Å². The number of hydrogen-bond donors (Lipinski definition) is 3. The molecule has 2 rings (SSSR count). The first-order valence-corrected chi connectivity index (χ1v) is 7.45. The highest BCUT2D eigenvalue weighted by molar-refractivity contribution is 7.12. The Morgan fingerprint density at radius 2 is 1.95 bits per heavy atom. The SMILES string of the molecule is O=C(NC(CO)C(=O)NCc1ccc(F)cc1)c1cccs1. The van der Waals surface area contributed by atoms with Crippen molar-refractivity contribution in [1.82, 2.24) is 10.6 Å². The number of thiophene rings is 1. The van der Waals surface area contributed by atoms with Gasteiger partial charge < -0.3 is 15.7 Å². The predicted molar refractivity (Wildman–Crippen MR) is 80.9 cm³/mol. The summed E-state index contributed by atoms with van der Waals surface area (Å²) in [5.41, 5.74) is 0.719. The van der Waals surface area contributed by atoms with E-state index in [0.29, 0.717) is 4.88 Å². The van der Waals surface area contributed by atoms with Crippen LogP contribution in [0.4, 0.5) is 4.39 Å². The number of aliphatic hydroxyl groups is 1. The fraction of sp³-hybridized carbons (Fsp3) is 0.200. The van der Waals surface area contributed by atoms with Gasteiger partial charge in [-0.1, -0.05) is 18.2 Å². The number of rotatable bonds is 6. The monoisotopic (exact) mass is 322 g/mol. The van der Waals surface area contributed by atoms with Crippen molar-refractivity contribution in [2.45, 2.75) is 12.6 Å². The highest BCUT2D eigenvalue weighted by atomic mass is 32.1. The number of hydrogen-bond acceptors (Lipinski definition) is 4. The molecule has 0 fully saturated rings. The highest BCUT2D eigenvalue weighted by Crippen LogP contribution is 2.08. The third-order valence-electron chi connectivity index (χ3n) is 2.93. The fourth-order valence-corrected chi connectivity index (χ4v) is 2.37.